The minimum absolute atomic E-state index is 0.231. The van der Waals surface area contributed by atoms with Crippen molar-refractivity contribution < 1.29 is 0 Å². The van der Waals surface area contributed by atoms with Crippen molar-refractivity contribution in [2.24, 2.45) is 0 Å². The smallest absolute Gasteiger partial charge is 0.242 e. The fourth-order valence-corrected chi connectivity index (χ4v) is 0.848. The zero-order chi connectivity index (χ0) is 8.43. The third kappa shape index (κ3) is 1.45. The highest BCUT2D eigenvalue weighted by Gasteiger charge is 2.04. The molecule has 1 aromatic rings. The van der Waals surface area contributed by atoms with Crippen LogP contribution in [0.1, 0.15) is 5.82 Å². The minimum atomic E-state index is 0.231. The first-order valence-electron chi connectivity index (χ1n) is 3.00. The number of nitrogens with zero attached hydrogens (tertiary/aromatic N) is 4. The Morgan fingerprint density at radius 3 is 2.64 bits per heavy atom. The highest BCUT2D eigenvalue weighted by atomic mass is 32.1. The lowest BCUT2D eigenvalue weighted by atomic mass is 10.7. The van der Waals surface area contributed by atoms with Crippen LogP contribution in [0.3, 0.4) is 0 Å². The lowest BCUT2D eigenvalue weighted by Crippen LogP contribution is -2.28. The summed E-state index contributed by atoms with van der Waals surface area (Å²) >= 11 is 4.71. The Bertz CT molecular complexity index is 266. The molecule has 0 aliphatic heterocycles. The molecule has 6 heteroatoms. The molecular weight excluding hydrogens is 162 g/mol. The highest BCUT2D eigenvalue weighted by molar-refractivity contribution is 7.79. The van der Waals surface area contributed by atoms with Crippen LogP contribution in [0.5, 0.6) is 0 Å². The van der Waals surface area contributed by atoms with Crippen molar-refractivity contribution in [1.82, 2.24) is 14.9 Å². The summed E-state index contributed by atoms with van der Waals surface area (Å²) in [6.45, 7) is 0. The average Bonchev–Trinajstić information content (AvgIpc) is 2.30. The van der Waals surface area contributed by atoms with E-state index in [-0.39, 0.29) is 5.95 Å². The van der Waals surface area contributed by atoms with Gasteiger partial charge in [0.25, 0.3) is 0 Å². The molecule has 0 amide bonds. The number of hydrogen-bond acceptors (Lipinski definition) is 5. The molecule has 0 fully saturated rings. The summed E-state index contributed by atoms with van der Waals surface area (Å²) in [6, 6.07) is 0. The minimum Gasteiger partial charge on any atom is -0.366 e. The lowest BCUT2D eigenvalue weighted by molar-refractivity contribution is 0.636. The van der Waals surface area contributed by atoms with Crippen LogP contribution in [0.15, 0.2) is 0 Å². The van der Waals surface area contributed by atoms with Gasteiger partial charge in [0.15, 0.2) is 5.82 Å². The van der Waals surface area contributed by atoms with E-state index in [9.17, 15) is 0 Å². The molecule has 1 aromatic heterocycles. The third-order valence-electron chi connectivity index (χ3n) is 1.12. The highest BCUT2D eigenvalue weighted by Crippen LogP contribution is 1.95. The predicted molar refractivity (Wildman–Crippen MR) is 47.3 cm³/mol. The van der Waals surface area contributed by atoms with Gasteiger partial charge in [-0.1, -0.05) is 12.2 Å². The first-order valence-corrected chi connectivity index (χ1v) is 3.47. The van der Waals surface area contributed by atoms with Gasteiger partial charge >= 0.3 is 0 Å². The Kier molecular flexibility index (Phi) is 2.04. The molecule has 0 aliphatic rings. The van der Waals surface area contributed by atoms with Crippen molar-refractivity contribution in [2.75, 3.05) is 24.8 Å². The van der Waals surface area contributed by atoms with Gasteiger partial charge in [0.05, 0.1) is 0 Å². The SMILES string of the molecule is CN(C)n1nc(N)nc1C=S. The Hall–Kier alpha value is -1.17. The van der Waals surface area contributed by atoms with Crippen LogP contribution < -0.4 is 10.7 Å². The van der Waals surface area contributed by atoms with E-state index < -0.39 is 0 Å². The molecule has 60 valence electrons. The van der Waals surface area contributed by atoms with Gasteiger partial charge in [-0.05, 0) is 0 Å². The molecule has 5 nitrogen and oxygen atoms in total. The van der Waals surface area contributed by atoms with Gasteiger partial charge in [-0.2, -0.15) is 9.77 Å². The zero-order valence-corrected chi connectivity index (χ0v) is 7.17. The molecule has 0 radical (unpaired) electrons. The maximum Gasteiger partial charge on any atom is 0.242 e. The van der Waals surface area contributed by atoms with Crippen molar-refractivity contribution in [3.8, 4) is 0 Å². The van der Waals surface area contributed by atoms with Crippen LogP contribution in [-0.2, 0) is 0 Å². The first-order chi connectivity index (χ1) is 5.15. The molecule has 0 spiro atoms. The van der Waals surface area contributed by atoms with Crippen molar-refractivity contribution >= 4 is 23.5 Å². The fourth-order valence-electron chi connectivity index (χ4n) is 0.701. The Morgan fingerprint density at radius 1 is 1.64 bits per heavy atom. The first kappa shape index (κ1) is 7.93. The van der Waals surface area contributed by atoms with Crippen LogP contribution >= 0.6 is 12.2 Å². The van der Waals surface area contributed by atoms with Crippen LogP contribution in [-0.4, -0.2) is 34.3 Å². The van der Waals surface area contributed by atoms with Gasteiger partial charge in [-0.25, -0.2) is 0 Å². The summed E-state index contributed by atoms with van der Waals surface area (Å²) in [6.07, 6.45) is 0. The van der Waals surface area contributed by atoms with E-state index in [0.29, 0.717) is 5.82 Å². The summed E-state index contributed by atoms with van der Waals surface area (Å²) < 4.78 is 0. The second-order valence-corrected chi connectivity index (χ2v) is 2.42. The second kappa shape index (κ2) is 2.83. The van der Waals surface area contributed by atoms with Gasteiger partial charge in [0, 0.05) is 19.5 Å². The molecular formula is C5H9N5S. The molecule has 1 heterocycles. The van der Waals surface area contributed by atoms with Crippen molar-refractivity contribution in [3.63, 3.8) is 0 Å². The maximum absolute atomic E-state index is 5.36. The van der Waals surface area contributed by atoms with Crippen LogP contribution in [0.4, 0.5) is 5.95 Å². The number of rotatable bonds is 2. The largest absolute Gasteiger partial charge is 0.366 e. The number of nitrogens with two attached hydrogens (primary N) is 1. The number of thiocarbonyl (C=S) groups is 1. The van der Waals surface area contributed by atoms with Gasteiger partial charge in [-0.15, -0.1) is 5.10 Å². The molecule has 0 aromatic carbocycles. The lowest BCUT2D eigenvalue weighted by Gasteiger charge is -2.11. The zero-order valence-electron chi connectivity index (χ0n) is 6.35. The normalized spacial score (nSPS) is 9.64. The topological polar surface area (TPSA) is 60.0 Å². The van der Waals surface area contributed by atoms with E-state index in [1.54, 1.807) is 5.01 Å². The molecule has 1 rings (SSSR count). The number of anilines is 1. The van der Waals surface area contributed by atoms with Crippen LogP contribution in [0.25, 0.3) is 0 Å². The van der Waals surface area contributed by atoms with E-state index in [1.165, 1.54) is 10.2 Å². The summed E-state index contributed by atoms with van der Waals surface area (Å²) in [7, 11) is 3.66. The quantitative estimate of drug-likeness (QED) is 0.602. The predicted octanol–water partition coefficient (Wildman–Crippen LogP) is -0.594. The summed E-state index contributed by atoms with van der Waals surface area (Å²) in [4.78, 5) is 5.41. The Balaban J connectivity index is 3.11. The van der Waals surface area contributed by atoms with Gasteiger partial charge in [-0.3, -0.25) is 0 Å². The number of hydrogen-bond donors (Lipinski definition) is 1. The van der Waals surface area contributed by atoms with E-state index >= 15 is 0 Å². The van der Waals surface area contributed by atoms with Gasteiger partial charge in [0.2, 0.25) is 5.95 Å². The molecule has 0 bridgehead atoms. The van der Waals surface area contributed by atoms with Crippen molar-refractivity contribution in [1.29, 1.82) is 0 Å². The van der Waals surface area contributed by atoms with Crippen LogP contribution in [0.2, 0.25) is 0 Å². The van der Waals surface area contributed by atoms with Crippen molar-refractivity contribution in [3.05, 3.63) is 5.82 Å². The fraction of sp³-hybridized carbons (Fsp3) is 0.400. The molecule has 0 saturated carbocycles. The third-order valence-corrected chi connectivity index (χ3v) is 1.33. The Morgan fingerprint density at radius 2 is 2.27 bits per heavy atom. The Labute approximate surface area is 69.8 Å². The summed E-state index contributed by atoms with van der Waals surface area (Å²) in [5.41, 5.74) is 5.36. The molecule has 0 atom stereocenters. The monoisotopic (exact) mass is 171 g/mol. The van der Waals surface area contributed by atoms with Gasteiger partial charge < -0.3 is 10.7 Å². The number of nitrogen functional groups attached to an aromatic ring is 1. The van der Waals surface area contributed by atoms with E-state index in [0.717, 1.165) is 0 Å². The molecule has 11 heavy (non-hydrogen) atoms. The number of aromatic nitrogens is 3. The standard InChI is InChI=1S/C5H9N5S/c1-9(2)10-4(3-11)7-5(6)8-10/h3H,1-2H3,(H2,6,8). The maximum atomic E-state index is 5.36. The van der Waals surface area contributed by atoms with Gasteiger partial charge in [0.1, 0.15) is 0 Å². The van der Waals surface area contributed by atoms with E-state index in [1.807, 2.05) is 14.1 Å². The van der Waals surface area contributed by atoms with Crippen LogP contribution in [0, 0.1) is 0 Å². The van der Waals surface area contributed by atoms with E-state index in [2.05, 4.69) is 10.1 Å². The van der Waals surface area contributed by atoms with Crippen molar-refractivity contribution in [2.45, 2.75) is 0 Å². The molecule has 0 saturated heterocycles. The average molecular weight is 171 g/mol. The molecule has 0 aliphatic carbocycles. The molecule has 2 N–H and O–H groups in total. The van der Waals surface area contributed by atoms with E-state index in [4.69, 9.17) is 18.0 Å². The second-order valence-electron chi connectivity index (χ2n) is 2.18. The summed E-state index contributed by atoms with van der Waals surface area (Å²) in [5, 5.41) is 7.06. The summed E-state index contributed by atoms with van der Waals surface area (Å²) in [5.74, 6) is 0.803. The molecule has 0 unspecified atom stereocenters.